The van der Waals surface area contributed by atoms with Gasteiger partial charge in [0.2, 0.25) is 0 Å². The predicted molar refractivity (Wildman–Crippen MR) is 309 cm³/mol. The molecule has 0 aliphatic rings. The molecule has 0 saturated carbocycles. The molecule has 0 aromatic carbocycles. The lowest BCUT2D eigenvalue weighted by Crippen LogP contribution is -2.41. The normalized spacial score (nSPS) is 15.1. The van der Waals surface area contributed by atoms with Gasteiger partial charge in [-0.15, -0.1) is 0 Å². The first kappa shape index (κ1) is 68.1. The molecule has 0 aliphatic heterocycles. The summed E-state index contributed by atoms with van der Waals surface area (Å²) in [5.74, 6) is 0. The number of hydrogen-bond donors (Lipinski definition) is 2. The van der Waals surface area contributed by atoms with Gasteiger partial charge in [-0.1, -0.05) is 337 Å². The lowest BCUT2D eigenvalue weighted by molar-refractivity contribution is 0.00616. The van der Waals surface area contributed by atoms with Gasteiger partial charge in [-0.05, 0) is 51.4 Å². The molecule has 0 aliphatic carbocycles. The number of aliphatic hydroxyl groups is 2. The van der Waals surface area contributed by atoms with E-state index in [0.717, 1.165) is 77.0 Å². The highest BCUT2D eigenvalue weighted by Crippen LogP contribution is 2.37. The second-order valence-corrected chi connectivity index (χ2v) is 25.1. The van der Waals surface area contributed by atoms with Crippen LogP contribution in [0.1, 0.15) is 388 Å². The number of rotatable bonds is 58. The van der Waals surface area contributed by atoms with Crippen molar-refractivity contribution in [1.29, 1.82) is 0 Å². The lowest BCUT2D eigenvalue weighted by Gasteiger charge is -2.37. The summed E-state index contributed by atoms with van der Waals surface area (Å²) in [6.45, 7) is 13.8. The summed E-state index contributed by atoms with van der Waals surface area (Å²) in [4.78, 5) is 0. The van der Waals surface area contributed by atoms with Crippen LogP contribution in [0.4, 0.5) is 0 Å². The monoisotopic (exact) mass is 979 g/mol. The molecule has 0 fully saturated rings. The van der Waals surface area contributed by atoms with Crippen LogP contribution in [0.5, 0.6) is 0 Å². The molecule has 0 bridgehead atoms. The first-order valence-electron chi connectivity index (χ1n) is 32.1. The quantitative estimate of drug-likeness (QED) is 0.0597. The van der Waals surface area contributed by atoms with E-state index in [9.17, 15) is 10.2 Å². The lowest BCUT2D eigenvalue weighted by atomic mass is 9.84. The number of unbranched alkanes of at least 4 members (excludes halogenated alkanes) is 40. The van der Waals surface area contributed by atoms with Crippen LogP contribution in [-0.4, -0.2) is 36.1 Å². The fourth-order valence-corrected chi connectivity index (χ4v) is 13.7. The maximum atomic E-state index is 15.7. The van der Waals surface area contributed by atoms with Crippen molar-refractivity contribution in [1.82, 2.24) is 0 Å². The molecule has 4 heteroatoms. The molecule has 4 unspecified atom stereocenters. The van der Waals surface area contributed by atoms with Gasteiger partial charge in [0.05, 0.1) is 11.2 Å². The van der Waals surface area contributed by atoms with Crippen molar-refractivity contribution in [3.05, 3.63) is 0 Å². The summed E-state index contributed by atoms with van der Waals surface area (Å²) in [6.07, 6.45) is 65.6. The SMILES string of the molecule is CCCCCCCCCCCC(CC(O)(CCCCCCCC)CCCCCCCCCC)S(=O)C(CCCCCCCCCCC)CC(O)(CCCCCCCC)CCCCCCCCCC. The van der Waals surface area contributed by atoms with Crippen molar-refractivity contribution in [2.24, 2.45) is 0 Å². The predicted octanol–water partition coefficient (Wildman–Crippen LogP) is 22.1. The summed E-state index contributed by atoms with van der Waals surface area (Å²) in [6, 6.07) is 0. The van der Waals surface area contributed by atoms with Crippen LogP contribution in [0, 0.1) is 0 Å². The summed E-state index contributed by atoms with van der Waals surface area (Å²) in [7, 11) is -1.08. The Hall–Kier alpha value is 0.0700. The van der Waals surface area contributed by atoms with Crippen LogP contribution >= 0.6 is 0 Å². The van der Waals surface area contributed by atoms with Gasteiger partial charge >= 0.3 is 0 Å². The van der Waals surface area contributed by atoms with E-state index in [-0.39, 0.29) is 10.5 Å². The van der Waals surface area contributed by atoms with Gasteiger partial charge < -0.3 is 10.2 Å². The molecular weight excluding hydrogens is 849 g/mol. The third-order valence-electron chi connectivity index (χ3n) is 16.1. The highest BCUT2D eigenvalue weighted by atomic mass is 32.2. The average Bonchev–Trinajstić information content (AvgIpc) is 3.33. The first-order chi connectivity index (χ1) is 33.2. The molecule has 0 saturated heterocycles. The standard InChI is InChI=1S/C64H130O3S/c1-7-13-19-25-31-35-37-41-47-53-61(59-63(65,55-49-43-29-23-17-11-5)57-51-45-39-33-27-21-15-9-3)68(67)62(54-48-42-38-36-32-26-20-14-8-2)60-64(66,56-50-44-30-24-18-12-6)58-52-46-40-34-28-22-16-10-4/h61-62,65-66H,7-60H2,1-6H3. The third-order valence-corrected chi connectivity index (χ3v) is 18.2. The minimum absolute atomic E-state index is 0.0173. The molecule has 68 heavy (non-hydrogen) atoms. The summed E-state index contributed by atoms with van der Waals surface area (Å²) >= 11 is 0. The van der Waals surface area contributed by atoms with Gasteiger partial charge in [0.1, 0.15) is 0 Å². The average molecular weight is 980 g/mol. The van der Waals surface area contributed by atoms with Crippen LogP contribution in [0.25, 0.3) is 0 Å². The zero-order valence-corrected chi connectivity index (χ0v) is 48.9. The Balaban J connectivity index is 6.55. The van der Waals surface area contributed by atoms with Gasteiger partial charge in [-0.25, -0.2) is 0 Å². The molecular formula is C64H130O3S. The first-order valence-corrected chi connectivity index (χ1v) is 33.4. The van der Waals surface area contributed by atoms with Crippen LogP contribution in [0.3, 0.4) is 0 Å². The van der Waals surface area contributed by atoms with Gasteiger partial charge in [0.15, 0.2) is 0 Å². The van der Waals surface area contributed by atoms with E-state index in [2.05, 4.69) is 41.5 Å². The van der Waals surface area contributed by atoms with Gasteiger partial charge in [-0.2, -0.15) is 0 Å². The molecule has 2 N–H and O–H groups in total. The highest BCUT2D eigenvalue weighted by Gasteiger charge is 2.38. The van der Waals surface area contributed by atoms with E-state index in [1.54, 1.807) is 0 Å². The molecule has 0 radical (unpaired) electrons. The highest BCUT2D eigenvalue weighted by molar-refractivity contribution is 7.86. The molecule has 0 rings (SSSR count). The summed E-state index contributed by atoms with van der Waals surface area (Å²) < 4.78 is 15.7. The molecule has 4 atom stereocenters. The van der Waals surface area contributed by atoms with Crippen molar-refractivity contribution in [2.45, 2.75) is 410 Å². The van der Waals surface area contributed by atoms with Crippen molar-refractivity contribution in [2.75, 3.05) is 0 Å². The molecule has 0 spiro atoms. The van der Waals surface area contributed by atoms with E-state index in [1.807, 2.05) is 0 Å². The zero-order chi connectivity index (χ0) is 49.9. The molecule has 0 aromatic rings. The minimum Gasteiger partial charge on any atom is -0.390 e. The van der Waals surface area contributed by atoms with E-state index in [0.29, 0.717) is 12.8 Å². The Morgan fingerprint density at radius 2 is 0.426 bits per heavy atom. The van der Waals surface area contributed by atoms with E-state index >= 15 is 4.21 Å². The fourth-order valence-electron chi connectivity index (χ4n) is 11.4. The maximum absolute atomic E-state index is 15.7. The largest absolute Gasteiger partial charge is 0.390 e. The van der Waals surface area contributed by atoms with Crippen LogP contribution < -0.4 is 0 Å². The zero-order valence-electron chi connectivity index (χ0n) is 48.0. The summed E-state index contributed by atoms with van der Waals surface area (Å²) in [5, 5.41) is 25.8. The van der Waals surface area contributed by atoms with Crippen LogP contribution in [0.2, 0.25) is 0 Å². The smallest absolute Gasteiger partial charge is 0.0659 e. The van der Waals surface area contributed by atoms with Crippen molar-refractivity contribution in [3.63, 3.8) is 0 Å². The van der Waals surface area contributed by atoms with Crippen molar-refractivity contribution in [3.8, 4) is 0 Å². The second kappa shape index (κ2) is 52.0. The van der Waals surface area contributed by atoms with Gasteiger partial charge in [0, 0.05) is 21.3 Å². The molecule has 0 heterocycles. The van der Waals surface area contributed by atoms with Gasteiger partial charge in [0.25, 0.3) is 0 Å². The summed E-state index contributed by atoms with van der Waals surface area (Å²) in [5.41, 5.74) is -1.47. The maximum Gasteiger partial charge on any atom is 0.0659 e. The number of hydrogen-bond acceptors (Lipinski definition) is 3. The topological polar surface area (TPSA) is 57.5 Å². The fraction of sp³-hybridized carbons (Fsp3) is 1.00. The van der Waals surface area contributed by atoms with Crippen molar-refractivity contribution >= 4 is 10.8 Å². The van der Waals surface area contributed by atoms with E-state index in [1.165, 1.54) is 257 Å². The third kappa shape index (κ3) is 43.6. The van der Waals surface area contributed by atoms with Gasteiger partial charge in [-0.3, -0.25) is 4.21 Å². The Kier molecular flexibility index (Phi) is 52.0. The Morgan fingerprint density at radius 1 is 0.265 bits per heavy atom. The Morgan fingerprint density at radius 3 is 0.618 bits per heavy atom. The minimum atomic E-state index is -1.08. The molecule has 0 amide bonds. The Bertz CT molecular complexity index is 926. The van der Waals surface area contributed by atoms with Crippen molar-refractivity contribution < 1.29 is 14.4 Å². The van der Waals surface area contributed by atoms with Crippen LogP contribution in [-0.2, 0) is 10.8 Å². The van der Waals surface area contributed by atoms with Crippen LogP contribution in [0.15, 0.2) is 0 Å². The van der Waals surface area contributed by atoms with E-state index in [4.69, 9.17) is 0 Å². The van der Waals surface area contributed by atoms with E-state index < -0.39 is 22.0 Å². The second-order valence-electron chi connectivity index (χ2n) is 23.1. The Labute approximate surface area is 433 Å². The molecule has 410 valence electrons. The molecule has 0 aromatic heterocycles. The molecule has 3 nitrogen and oxygen atoms in total.